The highest BCUT2D eigenvalue weighted by Gasteiger charge is 2.11. The lowest BCUT2D eigenvalue weighted by Gasteiger charge is -2.15. The van der Waals surface area contributed by atoms with Crippen LogP contribution in [0.4, 0.5) is 10.5 Å². The normalized spacial score (nSPS) is 11.0. The predicted octanol–water partition coefficient (Wildman–Crippen LogP) is 2.43. The highest BCUT2D eigenvalue weighted by atomic mass is 16.5. The van der Waals surface area contributed by atoms with Crippen molar-refractivity contribution in [3.8, 4) is 0 Å². The van der Waals surface area contributed by atoms with Crippen LogP contribution in [0.3, 0.4) is 0 Å². The molecule has 6 heteroatoms. The maximum atomic E-state index is 12.5. The van der Waals surface area contributed by atoms with E-state index in [2.05, 4.69) is 10.6 Å². The van der Waals surface area contributed by atoms with Gasteiger partial charge in [-0.15, -0.1) is 0 Å². The van der Waals surface area contributed by atoms with Crippen LogP contribution in [0, 0.1) is 5.92 Å². The maximum Gasteiger partial charge on any atom is 0.319 e. The number of carbonyl (C=O) groups is 1. The molecular weight excluding hydrogens is 294 g/mol. The molecule has 1 aromatic heterocycles. The maximum absolute atomic E-state index is 12.5. The number of benzene rings is 1. The van der Waals surface area contributed by atoms with Crippen LogP contribution in [-0.2, 0) is 11.3 Å². The summed E-state index contributed by atoms with van der Waals surface area (Å²) in [7, 11) is 1.58. The van der Waals surface area contributed by atoms with Gasteiger partial charge in [0, 0.05) is 37.2 Å². The van der Waals surface area contributed by atoms with Crippen molar-refractivity contribution < 1.29 is 9.53 Å². The minimum Gasteiger partial charge on any atom is -0.383 e. The van der Waals surface area contributed by atoms with E-state index >= 15 is 0 Å². The molecule has 6 nitrogen and oxygen atoms in total. The van der Waals surface area contributed by atoms with Crippen LogP contribution in [-0.4, -0.2) is 30.9 Å². The van der Waals surface area contributed by atoms with Crippen molar-refractivity contribution in [2.24, 2.45) is 5.92 Å². The molecule has 1 heterocycles. The van der Waals surface area contributed by atoms with Crippen LogP contribution < -0.4 is 16.2 Å². The number of nitrogens with one attached hydrogen (secondary N) is 2. The zero-order valence-electron chi connectivity index (χ0n) is 13.8. The van der Waals surface area contributed by atoms with E-state index in [-0.39, 0.29) is 11.6 Å². The fourth-order valence-electron chi connectivity index (χ4n) is 2.40. The van der Waals surface area contributed by atoms with Crippen molar-refractivity contribution in [1.82, 2.24) is 9.88 Å². The minimum absolute atomic E-state index is 0.0420. The van der Waals surface area contributed by atoms with Gasteiger partial charge >= 0.3 is 6.03 Å². The summed E-state index contributed by atoms with van der Waals surface area (Å²) in [5.41, 5.74) is 0.579. The van der Waals surface area contributed by atoms with Gasteiger partial charge in [-0.1, -0.05) is 32.0 Å². The highest BCUT2D eigenvalue weighted by Crippen LogP contribution is 2.20. The molecule has 0 aliphatic heterocycles. The molecule has 124 valence electrons. The number of pyridine rings is 1. The minimum atomic E-state index is -0.318. The molecule has 0 saturated carbocycles. The van der Waals surface area contributed by atoms with Gasteiger partial charge in [0.2, 0.25) is 0 Å². The summed E-state index contributed by atoms with van der Waals surface area (Å²) in [6, 6.07) is 6.97. The second kappa shape index (κ2) is 7.78. The smallest absolute Gasteiger partial charge is 0.319 e. The van der Waals surface area contributed by atoms with E-state index in [0.29, 0.717) is 36.7 Å². The lowest BCUT2D eigenvalue weighted by molar-refractivity contribution is 0.198. The summed E-state index contributed by atoms with van der Waals surface area (Å²) in [6.07, 6.45) is 1.71. The molecule has 0 saturated heterocycles. The summed E-state index contributed by atoms with van der Waals surface area (Å²) in [5.74, 6) is 0.331. The summed E-state index contributed by atoms with van der Waals surface area (Å²) in [5, 5.41) is 6.86. The first kappa shape index (κ1) is 17.0. The molecule has 0 fully saturated rings. The summed E-state index contributed by atoms with van der Waals surface area (Å²) >= 11 is 0. The number of carbonyl (C=O) groups excluding carboxylic acids is 1. The van der Waals surface area contributed by atoms with Crippen LogP contribution in [0.25, 0.3) is 10.8 Å². The molecule has 0 aliphatic rings. The van der Waals surface area contributed by atoms with E-state index in [9.17, 15) is 9.59 Å². The number of urea groups is 1. The number of anilines is 1. The number of aromatic nitrogens is 1. The number of ether oxygens (including phenoxy) is 1. The molecule has 23 heavy (non-hydrogen) atoms. The van der Waals surface area contributed by atoms with Gasteiger partial charge in [0.05, 0.1) is 12.3 Å². The molecule has 0 spiro atoms. The van der Waals surface area contributed by atoms with Gasteiger partial charge in [-0.25, -0.2) is 4.79 Å². The molecular formula is C17H23N3O3. The lowest BCUT2D eigenvalue weighted by Crippen LogP contribution is -2.32. The predicted molar refractivity (Wildman–Crippen MR) is 91.9 cm³/mol. The van der Waals surface area contributed by atoms with Gasteiger partial charge in [0.15, 0.2) is 0 Å². The number of fused-ring (bicyclic) bond motifs is 1. The molecule has 2 aromatic rings. The van der Waals surface area contributed by atoms with Crippen molar-refractivity contribution in [1.29, 1.82) is 0 Å². The Labute approximate surface area is 135 Å². The molecule has 0 aliphatic carbocycles. The fourth-order valence-corrected chi connectivity index (χ4v) is 2.40. The van der Waals surface area contributed by atoms with Gasteiger partial charge in [0.25, 0.3) is 5.56 Å². The Morgan fingerprint density at radius 3 is 2.61 bits per heavy atom. The van der Waals surface area contributed by atoms with Crippen molar-refractivity contribution >= 4 is 22.5 Å². The average molecular weight is 317 g/mol. The first-order valence-corrected chi connectivity index (χ1v) is 7.69. The standard InChI is InChI=1S/C17H23N3O3/c1-12(2)10-20-11-15(19-17(22)18-8-9-23-3)13-6-4-5-7-14(13)16(20)21/h4-7,11-12H,8-10H2,1-3H3,(H2,18,19,22). The Morgan fingerprint density at radius 1 is 1.26 bits per heavy atom. The van der Waals surface area contributed by atoms with E-state index in [4.69, 9.17) is 4.74 Å². The Kier molecular flexibility index (Phi) is 5.76. The Hall–Kier alpha value is -2.34. The van der Waals surface area contributed by atoms with Gasteiger partial charge < -0.3 is 19.9 Å². The van der Waals surface area contributed by atoms with Gasteiger partial charge in [-0.05, 0) is 12.0 Å². The summed E-state index contributed by atoms with van der Waals surface area (Å²) < 4.78 is 6.55. The SMILES string of the molecule is COCCNC(=O)Nc1cn(CC(C)C)c(=O)c2ccccc12. The third-order valence-electron chi connectivity index (χ3n) is 3.40. The topological polar surface area (TPSA) is 72.4 Å². The largest absolute Gasteiger partial charge is 0.383 e. The quantitative estimate of drug-likeness (QED) is 0.804. The number of rotatable bonds is 6. The number of nitrogens with zero attached hydrogens (tertiary/aromatic N) is 1. The van der Waals surface area contributed by atoms with Crippen molar-refractivity contribution in [2.75, 3.05) is 25.6 Å². The number of methoxy groups -OCH3 is 1. The van der Waals surface area contributed by atoms with Crippen LogP contribution in [0.5, 0.6) is 0 Å². The second-order valence-electron chi connectivity index (χ2n) is 5.81. The Balaban J connectivity index is 2.35. The Morgan fingerprint density at radius 2 is 1.96 bits per heavy atom. The van der Waals surface area contributed by atoms with E-state index in [1.165, 1.54) is 0 Å². The highest BCUT2D eigenvalue weighted by molar-refractivity contribution is 6.00. The van der Waals surface area contributed by atoms with Crippen molar-refractivity contribution in [3.05, 3.63) is 40.8 Å². The third-order valence-corrected chi connectivity index (χ3v) is 3.40. The Bertz CT molecular complexity index is 737. The summed E-state index contributed by atoms with van der Waals surface area (Å²) in [6.45, 7) is 5.56. The molecule has 0 radical (unpaired) electrons. The molecule has 2 N–H and O–H groups in total. The number of amides is 2. The molecule has 1 aromatic carbocycles. The molecule has 2 rings (SSSR count). The second-order valence-corrected chi connectivity index (χ2v) is 5.81. The molecule has 0 bridgehead atoms. The van der Waals surface area contributed by atoms with Crippen molar-refractivity contribution in [3.63, 3.8) is 0 Å². The van der Waals surface area contributed by atoms with Gasteiger partial charge in [-0.3, -0.25) is 4.79 Å². The van der Waals surface area contributed by atoms with Crippen LogP contribution in [0.2, 0.25) is 0 Å². The van der Waals surface area contributed by atoms with E-state index in [1.54, 1.807) is 23.9 Å². The summed E-state index contributed by atoms with van der Waals surface area (Å²) in [4.78, 5) is 24.5. The first-order valence-electron chi connectivity index (χ1n) is 7.69. The zero-order valence-corrected chi connectivity index (χ0v) is 13.8. The zero-order chi connectivity index (χ0) is 16.8. The number of hydrogen-bond acceptors (Lipinski definition) is 3. The van der Waals surface area contributed by atoms with Crippen LogP contribution in [0.1, 0.15) is 13.8 Å². The monoisotopic (exact) mass is 317 g/mol. The van der Waals surface area contributed by atoms with Crippen molar-refractivity contribution in [2.45, 2.75) is 20.4 Å². The third kappa shape index (κ3) is 4.32. The lowest BCUT2D eigenvalue weighted by atomic mass is 10.1. The van der Waals surface area contributed by atoms with Crippen LogP contribution in [0.15, 0.2) is 35.3 Å². The van der Waals surface area contributed by atoms with Gasteiger partial charge in [0.1, 0.15) is 0 Å². The van der Waals surface area contributed by atoms with Gasteiger partial charge in [-0.2, -0.15) is 0 Å². The molecule has 0 unspecified atom stereocenters. The first-order chi connectivity index (χ1) is 11.0. The van der Waals surface area contributed by atoms with E-state index in [1.807, 2.05) is 32.0 Å². The average Bonchev–Trinajstić information content (AvgIpc) is 2.52. The molecule has 0 atom stereocenters. The van der Waals surface area contributed by atoms with E-state index in [0.717, 1.165) is 5.39 Å². The molecule has 2 amide bonds. The fraction of sp³-hybridized carbons (Fsp3) is 0.412. The van der Waals surface area contributed by atoms with E-state index < -0.39 is 0 Å². The number of hydrogen-bond donors (Lipinski definition) is 2. The van der Waals surface area contributed by atoms with Crippen LogP contribution >= 0.6 is 0 Å².